The predicted octanol–water partition coefficient (Wildman–Crippen LogP) is 2.71. The van der Waals surface area contributed by atoms with Crippen molar-refractivity contribution in [3.8, 4) is 0 Å². The highest BCUT2D eigenvalue weighted by molar-refractivity contribution is 5.32. The molecule has 1 rings (SSSR count). The normalized spacial score (nSPS) is 12.9. The van der Waals surface area contributed by atoms with Crippen LogP contribution in [0.2, 0.25) is 0 Å². The number of rotatable bonds is 5. The van der Waals surface area contributed by atoms with Gasteiger partial charge in [0.15, 0.2) is 0 Å². The average Bonchev–Trinajstić information content (AvgIpc) is 2.16. The fourth-order valence-corrected chi connectivity index (χ4v) is 1.28. The van der Waals surface area contributed by atoms with E-state index in [0.29, 0.717) is 6.04 Å². The first-order valence-electron chi connectivity index (χ1n) is 5.21. The number of hydrogen-bond acceptors (Lipinski definition) is 3. The number of hydrogen-bond donors (Lipinski definition) is 1. The number of aromatic nitrogens is 2. The van der Waals surface area contributed by atoms with Gasteiger partial charge in [0.2, 0.25) is 0 Å². The molecule has 0 bridgehead atoms. The first-order chi connectivity index (χ1) is 6.68. The monoisotopic (exact) mass is 193 g/mol. The molecule has 1 heterocycles. The molecule has 3 nitrogen and oxygen atoms in total. The van der Waals surface area contributed by atoms with Crippen molar-refractivity contribution in [3.05, 3.63) is 18.6 Å². The van der Waals surface area contributed by atoms with Crippen LogP contribution in [0.15, 0.2) is 18.6 Å². The SMILES string of the molecule is CC(C)CCC(C)Nc1ccncn1. The molecule has 1 aromatic rings. The molecule has 0 saturated heterocycles. The standard InChI is InChI=1S/C11H19N3/c1-9(2)4-5-10(3)14-11-6-7-12-8-13-11/h6-10H,4-5H2,1-3H3,(H,12,13,14). The second-order valence-corrected chi connectivity index (χ2v) is 4.11. The van der Waals surface area contributed by atoms with Crippen LogP contribution in [0.3, 0.4) is 0 Å². The fourth-order valence-electron chi connectivity index (χ4n) is 1.28. The van der Waals surface area contributed by atoms with E-state index in [0.717, 1.165) is 11.7 Å². The van der Waals surface area contributed by atoms with Crippen molar-refractivity contribution < 1.29 is 0 Å². The topological polar surface area (TPSA) is 37.8 Å². The molecule has 1 unspecified atom stereocenters. The highest BCUT2D eigenvalue weighted by atomic mass is 15.0. The minimum Gasteiger partial charge on any atom is -0.368 e. The summed E-state index contributed by atoms with van der Waals surface area (Å²) in [7, 11) is 0. The molecule has 0 aromatic carbocycles. The zero-order valence-corrected chi connectivity index (χ0v) is 9.20. The van der Waals surface area contributed by atoms with Gasteiger partial charge in [0.25, 0.3) is 0 Å². The second-order valence-electron chi connectivity index (χ2n) is 4.11. The van der Waals surface area contributed by atoms with Crippen LogP contribution in [0, 0.1) is 5.92 Å². The number of nitrogens with zero attached hydrogens (tertiary/aromatic N) is 2. The van der Waals surface area contributed by atoms with Gasteiger partial charge in [-0.05, 0) is 31.7 Å². The first-order valence-corrected chi connectivity index (χ1v) is 5.21. The van der Waals surface area contributed by atoms with Crippen LogP contribution in [0.25, 0.3) is 0 Å². The summed E-state index contributed by atoms with van der Waals surface area (Å²) in [5, 5.41) is 3.35. The lowest BCUT2D eigenvalue weighted by molar-refractivity contribution is 0.527. The summed E-state index contributed by atoms with van der Waals surface area (Å²) in [6, 6.07) is 2.37. The van der Waals surface area contributed by atoms with E-state index in [4.69, 9.17) is 0 Å². The Hall–Kier alpha value is -1.12. The molecular weight excluding hydrogens is 174 g/mol. The third-order valence-corrected chi connectivity index (χ3v) is 2.15. The Kier molecular flexibility index (Phi) is 4.36. The van der Waals surface area contributed by atoms with E-state index in [-0.39, 0.29) is 0 Å². The zero-order chi connectivity index (χ0) is 10.4. The van der Waals surface area contributed by atoms with Crippen molar-refractivity contribution in [2.24, 2.45) is 5.92 Å². The summed E-state index contributed by atoms with van der Waals surface area (Å²) >= 11 is 0. The third-order valence-electron chi connectivity index (χ3n) is 2.15. The number of nitrogens with one attached hydrogen (secondary N) is 1. The fraction of sp³-hybridized carbons (Fsp3) is 0.636. The molecule has 0 aliphatic heterocycles. The largest absolute Gasteiger partial charge is 0.368 e. The van der Waals surface area contributed by atoms with E-state index < -0.39 is 0 Å². The maximum atomic E-state index is 4.12. The van der Waals surface area contributed by atoms with E-state index >= 15 is 0 Å². The summed E-state index contributed by atoms with van der Waals surface area (Å²) in [5.74, 6) is 1.68. The molecule has 0 fully saturated rings. The van der Waals surface area contributed by atoms with Gasteiger partial charge in [0.1, 0.15) is 12.1 Å². The van der Waals surface area contributed by atoms with Crippen molar-refractivity contribution >= 4 is 5.82 Å². The van der Waals surface area contributed by atoms with Crippen LogP contribution in [0.5, 0.6) is 0 Å². The van der Waals surface area contributed by atoms with Crippen LogP contribution in [0.4, 0.5) is 5.82 Å². The molecule has 0 amide bonds. The maximum Gasteiger partial charge on any atom is 0.129 e. The van der Waals surface area contributed by atoms with Crippen LogP contribution < -0.4 is 5.32 Å². The van der Waals surface area contributed by atoms with Gasteiger partial charge in [0, 0.05) is 12.2 Å². The van der Waals surface area contributed by atoms with Crippen LogP contribution in [-0.4, -0.2) is 16.0 Å². The Balaban J connectivity index is 2.30. The zero-order valence-electron chi connectivity index (χ0n) is 9.20. The molecule has 0 saturated carbocycles. The Labute approximate surface area is 86.0 Å². The third kappa shape index (κ3) is 4.21. The molecule has 0 spiro atoms. The summed E-state index contributed by atoms with van der Waals surface area (Å²) in [6.07, 6.45) is 5.75. The predicted molar refractivity (Wildman–Crippen MR) is 59.2 cm³/mol. The first kappa shape index (κ1) is 11.0. The molecule has 0 radical (unpaired) electrons. The van der Waals surface area contributed by atoms with Gasteiger partial charge in [-0.2, -0.15) is 0 Å². The van der Waals surface area contributed by atoms with E-state index in [1.165, 1.54) is 12.8 Å². The summed E-state index contributed by atoms with van der Waals surface area (Å²) in [5.41, 5.74) is 0. The minimum absolute atomic E-state index is 0.479. The van der Waals surface area contributed by atoms with Crippen molar-refractivity contribution in [1.29, 1.82) is 0 Å². The smallest absolute Gasteiger partial charge is 0.129 e. The highest BCUT2D eigenvalue weighted by Crippen LogP contribution is 2.10. The molecule has 0 aliphatic carbocycles. The molecule has 1 N–H and O–H groups in total. The average molecular weight is 193 g/mol. The van der Waals surface area contributed by atoms with E-state index in [1.807, 2.05) is 6.07 Å². The van der Waals surface area contributed by atoms with Crippen LogP contribution in [-0.2, 0) is 0 Å². The van der Waals surface area contributed by atoms with Gasteiger partial charge in [-0.1, -0.05) is 13.8 Å². The van der Waals surface area contributed by atoms with Crippen molar-refractivity contribution in [1.82, 2.24) is 9.97 Å². The van der Waals surface area contributed by atoms with Crippen molar-refractivity contribution in [2.45, 2.75) is 39.7 Å². The summed E-state index contributed by atoms with van der Waals surface area (Å²) in [4.78, 5) is 8.00. The quantitative estimate of drug-likeness (QED) is 0.781. The Morgan fingerprint density at radius 1 is 1.29 bits per heavy atom. The van der Waals surface area contributed by atoms with Crippen LogP contribution in [0.1, 0.15) is 33.6 Å². The van der Waals surface area contributed by atoms with Gasteiger partial charge in [0.05, 0.1) is 0 Å². The lowest BCUT2D eigenvalue weighted by Crippen LogP contribution is -2.16. The Morgan fingerprint density at radius 2 is 2.07 bits per heavy atom. The Bertz CT molecular complexity index is 246. The van der Waals surface area contributed by atoms with E-state index in [2.05, 4.69) is 36.1 Å². The molecule has 0 aliphatic rings. The van der Waals surface area contributed by atoms with Crippen LogP contribution >= 0.6 is 0 Å². The van der Waals surface area contributed by atoms with Gasteiger partial charge in [-0.3, -0.25) is 0 Å². The molecule has 3 heteroatoms. The molecule has 1 atom stereocenters. The molecule has 78 valence electrons. The van der Waals surface area contributed by atoms with Gasteiger partial charge < -0.3 is 5.32 Å². The van der Waals surface area contributed by atoms with E-state index in [1.54, 1.807) is 12.5 Å². The molecule has 14 heavy (non-hydrogen) atoms. The molecule has 1 aromatic heterocycles. The Morgan fingerprint density at radius 3 is 2.64 bits per heavy atom. The maximum absolute atomic E-state index is 4.12. The van der Waals surface area contributed by atoms with Crippen molar-refractivity contribution in [2.75, 3.05) is 5.32 Å². The van der Waals surface area contributed by atoms with Gasteiger partial charge in [-0.25, -0.2) is 9.97 Å². The minimum atomic E-state index is 0.479. The number of anilines is 1. The van der Waals surface area contributed by atoms with E-state index in [9.17, 15) is 0 Å². The van der Waals surface area contributed by atoms with Gasteiger partial charge in [-0.15, -0.1) is 0 Å². The highest BCUT2D eigenvalue weighted by Gasteiger charge is 2.03. The molecular formula is C11H19N3. The second kappa shape index (κ2) is 5.58. The lowest BCUT2D eigenvalue weighted by atomic mass is 10.0. The summed E-state index contributed by atoms with van der Waals surface area (Å²) in [6.45, 7) is 6.68. The lowest BCUT2D eigenvalue weighted by Gasteiger charge is -2.15. The summed E-state index contributed by atoms with van der Waals surface area (Å²) < 4.78 is 0. The van der Waals surface area contributed by atoms with Gasteiger partial charge >= 0.3 is 0 Å². The van der Waals surface area contributed by atoms with Crippen molar-refractivity contribution in [3.63, 3.8) is 0 Å².